The minimum atomic E-state index is -0.960. The largest absolute Gasteiger partial charge is 0.481 e. The maximum Gasteiger partial charge on any atom is 0.305 e. The van der Waals surface area contributed by atoms with Crippen molar-refractivity contribution in [2.45, 2.75) is 24.7 Å². The van der Waals surface area contributed by atoms with E-state index in [4.69, 9.17) is 9.84 Å². The van der Waals surface area contributed by atoms with Crippen LogP contribution >= 0.6 is 0 Å². The van der Waals surface area contributed by atoms with Gasteiger partial charge in [0.15, 0.2) is 0 Å². The molecule has 0 saturated carbocycles. The van der Waals surface area contributed by atoms with Gasteiger partial charge in [-0.2, -0.15) is 0 Å². The number of carboxylic acids is 1. The molecule has 6 heteroatoms. The van der Waals surface area contributed by atoms with E-state index in [0.29, 0.717) is 26.1 Å². The Hall–Kier alpha value is -1.95. The highest BCUT2D eigenvalue weighted by Gasteiger charge is 2.41. The maximum absolute atomic E-state index is 13.1. The fourth-order valence-corrected chi connectivity index (χ4v) is 2.59. The predicted octanol–water partition coefficient (Wildman–Crippen LogP) is 1.46. The van der Waals surface area contributed by atoms with Gasteiger partial charge in [0.2, 0.25) is 5.91 Å². The highest BCUT2D eigenvalue weighted by atomic mass is 19.1. The molecule has 1 aliphatic heterocycles. The Labute approximate surface area is 122 Å². The molecule has 0 bridgehead atoms. The van der Waals surface area contributed by atoms with Crippen molar-refractivity contribution in [3.63, 3.8) is 0 Å². The molecule has 0 spiro atoms. The number of halogens is 1. The van der Waals surface area contributed by atoms with Gasteiger partial charge in [0.05, 0.1) is 11.8 Å². The number of carbonyl (C=O) groups is 2. The topological polar surface area (TPSA) is 75.6 Å². The zero-order chi connectivity index (χ0) is 15.3. The lowest BCUT2D eigenvalue weighted by Crippen LogP contribution is -2.48. The maximum atomic E-state index is 13.1. The summed E-state index contributed by atoms with van der Waals surface area (Å²) in [6.45, 7) is 0.978. The summed E-state index contributed by atoms with van der Waals surface area (Å²) in [6, 6.07) is 5.88. The molecule has 1 amide bonds. The summed E-state index contributed by atoms with van der Waals surface area (Å²) in [6.07, 6.45) is 0.872. The van der Waals surface area contributed by atoms with E-state index < -0.39 is 11.4 Å². The van der Waals surface area contributed by atoms with Crippen LogP contribution in [-0.4, -0.2) is 36.7 Å². The third-order valence-corrected chi connectivity index (χ3v) is 3.80. The lowest BCUT2D eigenvalue weighted by molar-refractivity contribution is -0.137. The van der Waals surface area contributed by atoms with E-state index in [-0.39, 0.29) is 24.7 Å². The van der Waals surface area contributed by atoms with Gasteiger partial charge in [-0.05, 0) is 30.5 Å². The van der Waals surface area contributed by atoms with Crippen molar-refractivity contribution in [1.82, 2.24) is 5.32 Å². The lowest BCUT2D eigenvalue weighted by Gasteiger charge is -2.36. The number of hydrogen-bond donors (Lipinski definition) is 2. The fraction of sp³-hybridized carbons (Fsp3) is 0.467. The number of rotatable bonds is 5. The third-order valence-electron chi connectivity index (χ3n) is 3.80. The van der Waals surface area contributed by atoms with Gasteiger partial charge in [-0.15, -0.1) is 0 Å². The van der Waals surface area contributed by atoms with Crippen LogP contribution in [0.5, 0.6) is 0 Å². The molecule has 0 unspecified atom stereocenters. The first-order valence-corrected chi connectivity index (χ1v) is 6.88. The summed E-state index contributed by atoms with van der Waals surface area (Å²) in [5.74, 6) is -1.54. The second-order valence-corrected chi connectivity index (χ2v) is 5.10. The van der Waals surface area contributed by atoms with Gasteiger partial charge >= 0.3 is 5.97 Å². The average Bonchev–Trinajstić information content (AvgIpc) is 2.48. The van der Waals surface area contributed by atoms with Crippen LogP contribution in [0.1, 0.15) is 24.8 Å². The first kappa shape index (κ1) is 15.4. The first-order valence-electron chi connectivity index (χ1n) is 6.88. The van der Waals surface area contributed by atoms with Crippen LogP contribution < -0.4 is 5.32 Å². The van der Waals surface area contributed by atoms with Crippen LogP contribution in [0.25, 0.3) is 0 Å². The zero-order valence-corrected chi connectivity index (χ0v) is 11.6. The number of benzene rings is 1. The van der Waals surface area contributed by atoms with Gasteiger partial charge in [0.1, 0.15) is 5.82 Å². The van der Waals surface area contributed by atoms with Crippen molar-refractivity contribution in [2.75, 3.05) is 19.8 Å². The Kier molecular flexibility index (Phi) is 4.90. The van der Waals surface area contributed by atoms with Gasteiger partial charge in [0, 0.05) is 19.8 Å². The molecule has 114 valence electrons. The van der Waals surface area contributed by atoms with Crippen molar-refractivity contribution >= 4 is 11.9 Å². The van der Waals surface area contributed by atoms with E-state index in [9.17, 15) is 14.0 Å². The van der Waals surface area contributed by atoms with Crippen LogP contribution in [0.15, 0.2) is 24.3 Å². The number of amides is 1. The zero-order valence-electron chi connectivity index (χ0n) is 11.6. The SMILES string of the molecule is O=C(O)CCNC(=O)C1(c2ccc(F)cc2)CCOCC1. The van der Waals surface area contributed by atoms with Crippen LogP contribution in [-0.2, 0) is 19.7 Å². The molecule has 0 aliphatic carbocycles. The second-order valence-electron chi connectivity index (χ2n) is 5.10. The van der Waals surface area contributed by atoms with Gasteiger partial charge in [-0.1, -0.05) is 12.1 Å². The molecule has 1 aromatic rings. The molecular formula is C15H18FNO4. The Bertz CT molecular complexity index is 509. The number of nitrogens with one attached hydrogen (secondary N) is 1. The summed E-state index contributed by atoms with van der Waals surface area (Å²) in [5, 5.41) is 11.3. The van der Waals surface area contributed by atoms with E-state index in [1.54, 1.807) is 12.1 Å². The predicted molar refractivity (Wildman–Crippen MR) is 73.4 cm³/mol. The highest BCUT2D eigenvalue weighted by molar-refractivity contribution is 5.88. The summed E-state index contributed by atoms with van der Waals surface area (Å²) in [5.41, 5.74) is -0.0372. The molecule has 1 aromatic carbocycles. The average molecular weight is 295 g/mol. The lowest BCUT2D eigenvalue weighted by atomic mass is 9.73. The van der Waals surface area contributed by atoms with E-state index in [0.717, 1.165) is 5.56 Å². The van der Waals surface area contributed by atoms with Crippen molar-refractivity contribution in [3.05, 3.63) is 35.6 Å². The molecular weight excluding hydrogens is 277 g/mol. The van der Waals surface area contributed by atoms with E-state index in [2.05, 4.69) is 5.32 Å². The van der Waals surface area contributed by atoms with Crippen molar-refractivity contribution in [3.8, 4) is 0 Å². The molecule has 21 heavy (non-hydrogen) atoms. The molecule has 0 radical (unpaired) electrons. The van der Waals surface area contributed by atoms with Crippen LogP contribution in [0, 0.1) is 5.82 Å². The smallest absolute Gasteiger partial charge is 0.305 e. The Morgan fingerprint density at radius 3 is 2.43 bits per heavy atom. The Morgan fingerprint density at radius 2 is 1.86 bits per heavy atom. The van der Waals surface area contributed by atoms with E-state index >= 15 is 0 Å². The highest BCUT2D eigenvalue weighted by Crippen LogP contribution is 2.35. The molecule has 0 aromatic heterocycles. The minimum absolute atomic E-state index is 0.0813. The van der Waals surface area contributed by atoms with Crippen LogP contribution in [0.3, 0.4) is 0 Å². The first-order chi connectivity index (χ1) is 10.0. The monoisotopic (exact) mass is 295 g/mol. The minimum Gasteiger partial charge on any atom is -0.481 e. The van der Waals surface area contributed by atoms with Crippen molar-refractivity contribution < 1.29 is 23.8 Å². The number of hydrogen-bond acceptors (Lipinski definition) is 3. The summed E-state index contributed by atoms with van der Waals surface area (Å²) in [4.78, 5) is 23.1. The number of carbonyl (C=O) groups excluding carboxylic acids is 1. The normalized spacial score (nSPS) is 17.2. The number of aliphatic carboxylic acids is 1. The molecule has 2 rings (SSSR count). The standard InChI is InChI=1S/C15H18FNO4/c16-12-3-1-11(2-4-12)15(6-9-21-10-7-15)14(20)17-8-5-13(18)19/h1-4H,5-10H2,(H,17,20)(H,18,19). The number of carboxylic acid groups (broad SMARTS) is 1. The van der Waals surface area contributed by atoms with Gasteiger partial charge in [-0.3, -0.25) is 9.59 Å². The van der Waals surface area contributed by atoms with Gasteiger partial charge < -0.3 is 15.2 Å². The van der Waals surface area contributed by atoms with Gasteiger partial charge in [-0.25, -0.2) is 4.39 Å². The molecule has 1 aliphatic rings. The quantitative estimate of drug-likeness (QED) is 0.862. The van der Waals surface area contributed by atoms with E-state index in [1.807, 2.05) is 0 Å². The molecule has 0 atom stereocenters. The molecule has 1 heterocycles. The summed E-state index contributed by atoms with van der Waals surface area (Å²) >= 11 is 0. The fourth-order valence-electron chi connectivity index (χ4n) is 2.59. The molecule has 2 N–H and O–H groups in total. The molecule has 1 saturated heterocycles. The van der Waals surface area contributed by atoms with Crippen molar-refractivity contribution in [2.24, 2.45) is 0 Å². The molecule has 1 fully saturated rings. The van der Waals surface area contributed by atoms with Crippen LogP contribution in [0.4, 0.5) is 4.39 Å². The van der Waals surface area contributed by atoms with E-state index in [1.165, 1.54) is 12.1 Å². The summed E-state index contributed by atoms with van der Waals surface area (Å²) in [7, 11) is 0. The second kappa shape index (κ2) is 6.67. The third kappa shape index (κ3) is 3.58. The van der Waals surface area contributed by atoms with Crippen LogP contribution in [0.2, 0.25) is 0 Å². The number of ether oxygens (including phenoxy) is 1. The Balaban J connectivity index is 2.18. The Morgan fingerprint density at radius 1 is 1.24 bits per heavy atom. The van der Waals surface area contributed by atoms with Gasteiger partial charge in [0.25, 0.3) is 0 Å². The summed E-state index contributed by atoms with van der Waals surface area (Å²) < 4.78 is 18.4. The van der Waals surface area contributed by atoms with Crippen molar-refractivity contribution in [1.29, 1.82) is 0 Å². The molecule has 5 nitrogen and oxygen atoms in total.